The molecule has 0 aliphatic rings. The Morgan fingerprint density at radius 1 is 1.00 bits per heavy atom. The van der Waals surface area contributed by atoms with Gasteiger partial charge in [-0.2, -0.15) is 0 Å². The number of carbonyl (C=O) groups excluding carboxylic acids is 1. The first kappa shape index (κ1) is 23.0. The molecule has 2 heterocycles. The van der Waals surface area contributed by atoms with Crippen LogP contribution in [0.4, 0.5) is 11.8 Å². The Morgan fingerprint density at radius 2 is 1.76 bits per heavy atom. The van der Waals surface area contributed by atoms with Crippen molar-refractivity contribution >= 4 is 27.7 Å². The lowest BCUT2D eigenvalue weighted by Gasteiger charge is -2.09. The Kier molecular flexibility index (Phi) is 6.60. The summed E-state index contributed by atoms with van der Waals surface area (Å²) in [5.41, 5.74) is 9.84. The van der Waals surface area contributed by atoms with E-state index in [1.807, 2.05) is 37.3 Å². The number of nitrogens with zero attached hydrogens (tertiary/aromatic N) is 2. The third-order valence-corrected chi connectivity index (χ3v) is 6.43. The number of amides is 1. The lowest BCUT2D eigenvalue weighted by Crippen LogP contribution is -2.24. The number of aromatic amines is 1. The molecule has 0 fully saturated rings. The number of nitrogen functional groups attached to an aromatic ring is 1. The van der Waals surface area contributed by atoms with Gasteiger partial charge in [0.25, 0.3) is 10.0 Å². The zero-order chi connectivity index (χ0) is 24.1. The summed E-state index contributed by atoms with van der Waals surface area (Å²) in [4.78, 5) is 23.6. The lowest BCUT2D eigenvalue weighted by molar-refractivity contribution is -0.120. The maximum atomic E-state index is 12.5. The third kappa shape index (κ3) is 5.78. The summed E-state index contributed by atoms with van der Waals surface area (Å²) < 4.78 is 27.5. The molecule has 4 rings (SSSR count). The normalized spacial score (nSPS) is 11.2. The predicted molar refractivity (Wildman–Crippen MR) is 130 cm³/mol. The number of benzene rings is 2. The molecule has 0 saturated heterocycles. The van der Waals surface area contributed by atoms with Gasteiger partial charge in [0.2, 0.25) is 5.91 Å². The topological polar surface area (TPSA) is 143 Å². The van der Waals surface area contributed by atoms with Crippen molar-refractivity contribution in [3.63, 3.8) is 0 Å². The molecule has 2 aromatic carbocycles. The number of hydrogen-bond acceptors (Lipinski definition) is 6. The van der Waals surface area contributed by atoms with Crippen LogP contribution in [0.3, 0.4) is 0 Å². The molecule has 0 bridgehead atoms. The fraction of sp³-hybridized carbons (Fsp3) is 0.125. The summed E-state index contributed by atoms with van der Waals surface area (Å²) in [7, 11) is -3.73. The highest BCUT2D eigenvalue weighted by molar-refractivity contribution is 7.92. The Hall–Kier alpha value is -4.18. The minimum absolute atomic E-state index is 0.128. The number of rotatable bonds is 8. The molecule has 0 unspecified atom stereocenters. The van der Waals surface area contributed by atoms with E-state index in [9.17, 15) is 13.2 Å². The average Bonchev–Trinajstić information content (AvgIpc) is 3.25. The highest BCUT2D eigenvalue weighted by Crippen LogP contribution is 2.18. The first-order chi connectivity index (χ1) is 16.3. The molecule has 0 radical (unpaired) electrons. The fourth-order valence-electron chi connectivity index (χ4n) is 3.30. The third-order valence-electron chi connectivity index (χ3n) is 5.08. The van der Waals surface area contributed by atoms with E-state index < -0.39 is 10.0 Å². The zero-order valence-electron chi connectivity index (χ0n) is 18.4. The van der Waals surface area contributed by atoms with Crippen LogP contribution in [-0.4, -0.2) is 29.3 Å². The molecule has 0 spiro atoms. The maximum absolute atomic E-state index is 12.5. The first-order valence-corrected chi connectivity index (χ1v) is 12.0. The molecule has 0 atom stereocenters. The van der Waals surface area contributed by atoms with E-state index in [4.69, 9.17) is 5.73 Å². The number of imidazole rings is 1. The van der Waals surface area contributed by atoms with Crippen LogP contribution in [0.1, 0.15) is 16.7 Å². The summed E-state index contributed by atoms with van der Waals surface area (Å²) in [6.45, 7) is 2.20. The van der Waals surface area contributed by atoms with E-state index in [1.54, 1.807) is 24.4 Å². The molecule has 5 N–H and O–H groups in total. The van der Waals surface area contributed by atoms with Crippen LogP contribution < -0.4 is 15.8 Å². The molecule has 0 aliphatic heterocycles. The summed E-state index contributed by atoms with van der Waals surface area (Å²) >= 11 is 0. The number of nitrogens with one attached hydrogen (secondary N) is 3. The Morgan fingerprint density at radius 3 is 2.41 bits per heavy atom. The van der Waals surface area contributed by atoms with Gasteiger partial charge in [0.15, 0.2) is 5.95 Å². The average molecular weight is 477 g/mol. The van der Waals surface area contributed by atoms with E-state index in [-0.39, 0.29) is 23.0 Å². The Labute approximate surface area is 197 Å². The smallest absolute Gasteiger partial charge is 0.263 e. The molecular formula is C24H24N6O3S. The minimum atomic E-state index is -3.73. The van der Waals surface area contributed by atoms with E-state index in [0.29, 0.717) is 18.1 Å². The molecular weight excluding hydrogens is 452 g/mol. The largest absolute Gasteiger partial charge is 0.369 e. The van der Waals surface area contributed by atoms with Crippen molar-refractivity contribution < 1.29 is 13.2 Å². The Bertz CT molecular complexity index is 1400. The van der Waals surface area contributed by atoms with Gasteiger partial charge in [-0.1, -0.05) is 42.5 Å². The van der Waals surface area contributed by atoms with Gasteiger partial charge in [-0.3, -0.25) is 9.52 Å². The van der Waals surface area contributed by atoms with E-state index in [2.05, 4.69) is 25.0 Å². The minimum Gasteiger partial charge on any atom is -0.369 e. The number of H-pyrrole nitrogens is 1. The summed E-state index contributed by atoms with van der Waals surface area (Å²) in [6, 6.07) is 17.5. The van der Waals surface area contributed by atoms with Gasteiger partial charge in [0.1, 0.15) is 5.82 Å². The van der Waals surface area contributed by atoms with E-state index in [1.165, 1.54) is 18.3 Å². The van der Waals surface area contributed by atoms with Crippen LogP contribution in [0.2, 0.25) is 0 Å². The van der Waals surface area contributed by atoms with Gasteiger partial charge < -0.3 is 16.0 Å². The molecule has 4 aromatic rings. The molecule has 10 heteroatoms. The standard InChI is InChI=1S/C24H24N6O3S/c1-16-3-2-4-20(11-16)34(32,33)30-22-10-7-18(14-26-22)12-23(31)27-13-17-5-8-19(9-6-17)21-15-28-24(25)29-21/h2-11,14-15H,12-13H2,1H3,(H,26,30)(H,27,31)(H3,25,28,29). The van der Waals surface area contributed by atoms with Gasteiger partial charge in [-0.15, -0.1) is 0 Å². The fourth-order valence-corrected chi connectivity index (χ4v) is 4.42. The van der Waals surface area contributed by atoms with Crippen LogP contribution >= 0.6 is 0 Å². The number of nitrogens with two attached hydrogens (primary N) is 1. The van der Waals surface area contributed by atoms with E-state index >= 15 is 0 Å². The van der Waals surface area contributed by atoms with Crippen molar-refractivity contribution in [3.05, 3.63) is 89.7 Å². The molecule has 174 valence electrons. The number of hydrogen-bond donors (Lipinski definition) is 4. The second-order valence-electron chi connectivity index (χ2n) is 7.81. The molecule has 1 amide bonds. The summed E-state index contributed by atoms with van der Waals surface area (Å²) in [5, 5.41) is 2.87. The van der Waals surface area contributed by atoms with Crippen LogP contribution in [0.15, 0.2) is 78.0 Å². The summed E-state index contributed by atoms with van der Waals surface area (Å²) in [5.74, 6) is 0.377. The van der Waals surface area contributed by atoms with E-state index in [0.717, 1.165) is 22.4 Å². The van der Waals surface area contributed by atoms with Crippen LogP contribution in [-0.2, 0) is 27.8 Å². The zero-order valence-corrected chi connectivity index (χ0v) is 19.3. The van der Waals surface area contributed by atoms with Crippen molar-refractivity contribution in [2.24, 2.45) is 0 Å². The van der Waals surface area contributed by atoms with Crippen molar-refractivity contribution in [3.8, 4) is 11.3 Å². The number of anilines is 2. The van der Waals surface area contributed by atoms with Crippen molar-refractivity contribution in [2.75, 3.05) is 10.5 Å². The van der Waals surface area contributed by atoms with Crippen LogP contribution in [0.5, 0.6) is 0 Å². The van der Waals surface area contributed by atoms with Crippen LogP contribution in [0, 0.1) is 6.92 Å². The van der Waals surface area contributed by atoms with Gasteiger partial charge >= 0.3 is 0 Å². The SMILES string of the molecule is Cc1cccc(S(=O)(=O)Nc2ccc(CC(=O)NCc3ccc(-c4cnc(N)[nH]4)cc3)cn2)c1. The number of carbonyl (C=O) groups is 1. The molecule has 9 nitrogen and oxygen atoms in total. The first-order valence-electron chi connectivity index (χ1n) is 10.5. The second-order valence-corrected chi connectivity index (χ2v) is 9.49. The number of aromatic nitrogens is 3. The highest BCUT2D eigenvalue weighted by atomic mass is 32.2. The molecule has 0 saturated carbocycles. The van der Waals surface area contributed by atoms with Gasteiger partial charge in [-0.05, 0) is 47.4 Å². The number of sulfonamides is 1. The molecule has 0 aliphatic carbocycles. The predicted octanol–water partition coefficient (Wildman–Crippen LogP) is 3.02. The number of aryl methyl sites for hydroxylation is 1. The van der Waals surface area contributed by atoms with Gasteiger partial charge in [-0.25, -0.2) is 18.4 Å². The second kappa shape index (κ2) is 9.75. The molecule has 34 heavy (non-hydrogen) atoms. The monoisotopic (exact) mass is 476 g/mol. The maximum Gasteiger partial charge on any atom is 0.263 e. The summed E-state index contributed by atoms with van der Waals surface area (Å²) in [6.07, 6.45) is 3.28. The Balaban J connectivity index is 1.30. The quantitative estimate of drug-likeness (QED) is 0.308. The van der Waals surface area contributed by atoms with Crippen LogP contribution in [0.25, 0.3) is 11.3 Å². The highest BCUT2D eigenvalue weighted by Gasteiger charge is 2.15. The van der Waals surface area contributed by atoms with Crippen molar-refractivity contribution in [1.29, 1.82) is 0 Å². The van der Waals surface area contributed by atoms with Crippen molar-refractivity contribution in [2.45, 2.75) is 24.8 Å². The van der Waals surface area contributed by atoms with Gasteiger partial charge in [0.05, 0.1) is 23.2 Å². The van der Waals surface area contributed by atoms with Crippen molar-refractivity contribution in [1.82, 2.24) is 20.3 Å². The number of pyridine rings is 1. The molecule has 2 aromatic heterocycles. The lowest BCUT2D eigenvalue weighted by atomic mass is 10.1. The van der Waals surface area contributed by atoms with Gasteiger partial charge in [0, 0.05) is 12.7 Å².